The molecule has 1 atom stereocenters. The van der Waals surface area contributed by atoms with Crippen molar-refractivity contribution in [1.29, 1.82) is 0 Å². The van der Waals surface area contributed by atoms with Crippen LogP contribution in [0.3, 0.4) is 0 Å². The second kappa shape index (κ2) is 7.39. The average Bonchev–Trinajstić information content (AvgIpc) is 2.37. The van der Waals surface area contributed by atoms with Crippen LogP contribution < -0.4 is 14.8 Å². The van der Waals surface area contributed by atoms with Crippen LogP contribution in [0.4, 0.5) is 5.69 Å². The van der Waals surface area contributed by atoms with Gasteiger partial charge in [0, 0.05) is 30.9 Å². The third-order valence-electron chi connectivity index (χ3n) is 3.36. The highest BCUT2D eigenvalue weighted by Crippen LogP contribution is 2.31. The predicted molar refractivity (Wildman–Crippen MR) is 84.7 cm³/mol. The summed E-state index contributed by atoms with van der Waals surface area (Å²) >= 11 is 0. The van der Waals surface area contributed by atoms with Crippen molar-refractivity contribution in [3.63, 3.8) is 0 Å². The summed E-state index contributed by atoms with van der Waals surface area (Å²) in [7, 11) is 3.55. The Morgan fingerprint density at radius 2 is 1.60 bits per heavy atom. The van der Waals surface area contributed by atoms with Crippen molar-refractivity contribution in [3.05, 3.63) is 18.2 Å². The van der Waals surface area contributed by atoms with Crippen LogP contribution >= 0.6 is 0 Å². The second-order valence-corrected chi connectivity index (χ2v) is 5.47. The molecule has 0 fully saturated rings. The van der Waals surface area contributed by atoms with E-state index in [0.717, 1.165) is 17.2 Å². The first kappa shape index (κ1) is 16.6. The zero-order valence-electron chi connectivity index (χ0n) is 13.7. The third kappa shape index (κ3) is 4.04. The van der Waals surface area contributed by atoms with E-state index >= 15 is 0 Å². The van der Waals surface area contributed by atoms with Gasteiger partial charge in [-0.1, -0.05) is 0 Å². The standard InChI is InChI=1S/C16H28N2O2/c1-11(2)18(12(3)4)13(5)20-16-10-14(17-6)8-9-15(16)19-7/h8-13,17H,1-7H3. The van der Waals surface area contributed by atoms with Gasteiger partial charge in [-0.05, 0) is 46.8 Å². The fraction of sp³-hybridized carbons (Fsp3) is 0.625. The lowest BCUT2D eigenvalue weighted by molar-refractivity contribution is -0.00690. The smallest absolute Gasteiger partial charge is 0.165 e. The molecule has 0 radical (unpaired) electrons. The number of hydrogen-bond acceptors (Lipinski definition) is 4. The summed E-state index contributed by atoms with van der Waals surface area (Å²) in [6, 6.07) is 6.70. The molecule has 4 heteroatoms. The normalized spacial score (nSPS) is 12.9. The minimum atomic E-state index is -0.0176. The molecule has 0 heterocycles. The first-order chi connectivity index (χ1) is 9.40. The number of benzene rings is 1. The van der Waals surface area contributed by atoms with E-state index in [4.69, 9.17) is 9.47 Å². The molecule has 0 bridgehead atoms. The van der Waals surface area contributed by atoms with E-state index in [-0.39, 0.29) is 6.23 Å². The van der Waals surface area contributed by atoms with Gasteiger partial charge in [0.15, 0.2) is 11.5 Å². The van der Waals surface area contributed by atoms with E-state index < -0.39 is 0 Å². The maximum atomic E-state index is 6.12. The summed E-state index contributed by atoms with van der Waals surface area (Å²) in [5.74, 6) is 1.52. The maximum absolute atomic E-state index is 6.12. The van der Waals surface area contributed by atoms with Gasteiger partial charge in [0.25, 0.3) is 0 Å². The molecular formula is C16H28N2O2. The van der Waals surface area contributed by atoms with Crippen LogP contribution in [0, 0.1) is 0 Å². The zero-order valence-corrected chi connectivity index (χ0v) is 13.7. The van der Waals surface area contributed by atoms with E-state index in [1.807, 2.05) is 25.2 Å². The highest BCUT2D eigenvalue weighted by molar-refractivity contribution is 5.54. The molecular weight excluding hydrogens is 252 g/mol. The number of ether oxygens (including phenoxy) is 2. The molecule has 20 heavy (non-hydrogen) atoms. The van der Waals surface area contributed by atoms with Crippen LogP contribution in [0.1, 0.15) is 34.6 Å². The molecule has 0 aliphatic carbocycles. The Labute approximate surface area is 123 Å². The SMILES string of the molecule is CNc1ccc(OC)c(OC(C)N(C(C)C)C(C)C)c1. The van der Waals surface area contributed by atoms with E-state index in [9.17, 15) is 0 Å². The minimum absolute atomic E-state index is 0.0176. The van der Waals surface area contributed by atoms with Crippen molar-refractivity contribution in [3.8, 4) is 11.5 Å². The molecule has 1 N–H and O–H groups in total. The second-order valence-electron chi connectivity index (χ2n) is 5.47. The molecule has 0 aromatic heterocycles. The van der Waals surface area contributed by atoms with Gasteiger partial charge in [-0.15, -0.1) is 0 Å². The Kier molecular flexibility index (Phi) is 6.14. The molecule has 0 saturated carbocycles. The van der Waals surface area contributed by atoms with Crippen LogP contribution in [-0.2, 0) is 0 Å². The summed E-state index contributed by atoms with van der Waals surface area (Å²) in [6.07, 6.45) is -0.0176. The number of nitrogens with zero attached hydrogens (tertiary/aromatic N) is 1. The topological polar surface area (TPSA) is 33.7 Å². The quantitative estimate of drug-likeness (QED) is 0.774. The molecule has 0 spiro atoms. The van der Waals surface area contributed by atoms with E-state index in [0.29, 0.717) is 12.1 Å². The molecule has 1 aromatic rings. The van der Waals surface area contributed by atoms with Gasteiger partial charge in [-0.3, -0.25) is 4.90 Å². The lowest BCUT2D eigenvalue weighted by Gasteiger charge is -2.36. The Hall–Kier alpha value is -1.42. The number of rotatable bonds is 7. The Bertz CT molecular complexity index is 411. The summed E-state index contributed by atoms with van der Waals surface area (Å²) in [4.78, 5) is 2.32. The Morgan fingerprint density at radius 3 is 2.05 bits per heavy atom. The fourth-order valence-corrected chi connectivity index (χ4v) is 2.60. The largest absolute Gasteiger partial charge is 0.493 e. The first-order valence-electron chi connectivity index (χ1n) is 7.20. The zero-order chi connectivity index (χ0) is 15.3. The monoisotopic (exact) mass is 280 g/mol. The summed E-state index contributed by atoms with van der Waals surface area (Å²) in [5, 5.41) is 3.12. The maximum Gasteiger partial charge on any atom is 0.165 e. The van der Waals surface area contributed by atoms with Crippen molar-refractivity contribution < 1.29 is 9.47 Å². The van der Waals surface area contributed by atoms with Crippen LogP contribution in [0.25, 0.3) is 0 Å². The number of nitrogens with one attached hydrogen (secondary N) is 1. The van der Waals surface area contributed by atoms with Crippen LogP contribution in [0.15, 0.2) is 18.2 Å². The highest BCUT2D eigenvalue weighted by Gasteiger charge is 2.22. The minimum Gasteiger partial charge on any atom is -0.493 e. The molecule has 0 aliphatic rings. The Balaban J connectivity index is 2.95. The van der Waals surface area contributed by atoms with E-state index in [1.54, 1.807) is 7.11 Å². The van der Waals surface area contributed by atoms with E-state index in [1.165, 1.54) is 0 Å². The van der Waals surface area contributed by atoms with Crippen LogP contribution in [-0.4, -0.2) is 37.4 Å². The third-order valence-corrected chi connectivity index (χ3v) is 3.36. The number of anilines is 1. The van der Waals surface area contributed by atoms with Crippen molar-refractivity contribution in [2.24, 2.45) is 0 Å². The van der Waals surface area contributed by atoms with Crippen LogP contribution in [0.5, 0.6) is 11.5 Å². The number of methoxy groups -OCH3 is 1. The van der Waals surface area contributed by atoms with Crippen LogP contribution in [0.2, 0.25) is 0 Å². The van der Waals surface area contributed by atoms with Gasteiger partial charge in [-0.25, -0.2) is 0 Å². The molecule has 1 unspecified atom stereocenters. The van der Waals surface area contributed by atoms with Gasteiger partial charge in [0.05, 0.1) is 7.11 Å². The lowest BCUT2D eigenvalue weighted by Crippen LogP contribution is -2.46. The Morgan fingerprint density at radius 1 is 1.00 bits per heavy atom. The van der Waals surface area contributed by atoms with Crippen molar-refractivity contribution in [2.45, 2.75) is 52.9 Å². The summed E-state index contributed by atoms with van der Waals surface area (Å²) in [5.41, 5.74) is 1.01. The van der Waals surface area contributed by atoms with Gasteiger partial charge >= 0.3 is 0 Å². The predicted octanol–water partition coefficient (Wildman–Crippen LogP) is 3.58. The fourth-order valence-electron chi connectivity index (χ4n) is 2.60. The summed E-state index contributed by atoms with van der Waals surface area (Å²) < 4.78 is 11.5. The van der Waals surface area contributed by atoms with Gasteiger partial charge in [0.2, 0.25) is 0 Å². The average molecular weight is 280 g/mol. The molecule has 4 nitrogen and oxygen atoms in total. The first-order valence-corrected chi connectivity index (χ1v) is 7.20. The van der Waals surface area contributed by atoms with Gasteiger partial charge in [0.1, 0.15) is 6.23 Å². The summed E-state index contributed by atoms with van der Waals surface area (Å²) in [6.45, 7) is 10.8. The molecule has 0 saturated heterocycles. The van der Waals surface area contributed by atoms with Crippen molar-refractivity contribution in [1.82, 2.24) is 4.90 Å². The van der Waals surface area contributed by atoms with E-state index in [2.05, 4.69) is 44.8 Å². The highest BCUT2D eigenvalue weighted by atomic mass is 16.5. The molecule has 114 valence electrons. The lowest BCUT2D eigenvalue weighted by atomic mass is 10.2. The van der Waals surface area contributed by atoms with Crippen molar-refractivity contribution >= 4 is 5.69 Å². The molecule has 1 aromatic carbocycles. The van der Waals surface area contributed by atoms with Gasteiger partial charge in [-0.2, -0.15) is 0 Å². The molecule has 0 aliphatic heterocycles. The van der Waals surface area contributed by atoms with Gasteiger partial charge < -0.3 is 14.8 Å². The molecule has 1 rings (SSSR count). The molecule has 0 amide bonds. The van der Waals surface area contributed by atoms with Crippen molar-refractivity contribution in [2.75, 3.05) is 19.5 Å². The number of hydrogen-bond donors (Lipinski definition) is 1.